The minimum absolute atomic E-state index is 0.0834. The van der Waals surface area contributed by atoms with E-state index >= 15 is 0 Å². The highest BCUT2D eigenvalue weighted by Gasteiger charge is 2.25. The lowest BCUT2D eigenvalue weighted by Gasteiger charge is -2.12. The van der Waals surface area contributed by atoms with Crippen LogP contribution in [0, 0.1) is 22.7 Å². The van der Waals surface area contributed by atoms with E-state index in [-0.39, 0.29) is 11.4 Å². The summed E-state index contributed by atoms with van der Waals surface area (Å²) < 4.78 is 14.4. The molecule has 198 valence electrons. The number of fused-ring (bicyclic) bond motifs is 9. The Morgan fingerprint density at radius 1 is 0.535 bits per heavy atom. The second-order valence-electron chi connectivity index (χ2n) is 10.6. The van der Waals surface area contributed by atoms with Gasteiger partial charge in [-0.3, -0.25) is 0 Å². The van der Waals surface area contributed by atoms with Crippen molar-refractivity contribution in [3.05, 3.63) is 121 Å². The molecule has 0 radical (unpaired) electrons. The van der Waals surface area contributed by atoms with Gasteiger partial charge in [-0.15, -0.1) is 0 Å². The first-order valence-corrected chi connectivity index (χ1v) is 13.8. The molecule has 0 aliphatic heterocycles. The minimum atomic E-state index is 0.0834. The van der Waals surface area contributed by atoms with Gasteiger partial charge in [0.2, 0.25) is 0 Å². The molecule has 4 aromatic heterocycles. The maximum Gasteiger partial charge on any atom is 0.185 e. The molecule has 9 aromatic rings. The molecule has 0 N–H and O–H groups in total. The van der Waals surface area contributed by atoms with Crippen molar-refractivity contribution >= 4 is 65.7 Å². The molecule has 0 aliphatic carbocycles. The van der Waals surface area contributed by atoms with Crippen LogP contribution in [0.4, 0.5) is 0 Å². The van der Waals surface area contributed by atoms with Gasteiger partial charge in [0.25, 0.3) is 0 Å². The minimum Gasteiger partial charge on any atom is -0.456 e. The third-order valence-corrected chi connectivity index (χ3v) is 8.31. The first-order chi connectivity index (χ1) is 21.2. The van der Waals surface area contributed by atoms with Crippen LogP contribution in [0.1, 0.15) is 11.4 Å². The van der Waals surface area contributed by atoms with E-state index in [0.29, 0.717) is 22.2 Å². The van der Waals surface area contributed by atoms with Crippen LogP contribution >= 0.6 is 0 Å². The van der Waals surface area contributed by atoms with Crippen molar-refractivity contribution < 1.29 is 8.83 Å². The summed E-state index contributed by atoms with van der Waals surface area (Å²) >= 11 is 0. The van der Waals surface area contributed by atoms with E-state index in [0.717, 1.165) is 60.3 Å². The van der Waals surface area contributed by atoms with Gasteiger partial charge in [-0.1, -0.05) is 66.7 Å². The Morgan fingerprint density at radius 2 is 1.09 bits per heavy atom. The van der Waals surface area contributed by atoms with E-state index in [2.05, 4.69) is 52.0 Å². The van der Waals surface area contributed by atoms with Crippen molar-refractivity contribution in [2.45, 2.75) is 0 Å². The Morgan fingerprint density at radius 3 is 1.77 bits per heavy atom. The number of furan rings is 2. The van der Waals surface area contributed by atoms with Crippen LogP contribution in [-0.4, -0.2) is 9.55 Å². The normalized spacial score (nSPS) is 11.7. The van der Waals surface area contributed by atoms with Crippen molar-refractivity contribution in [2.24, 2.45) is 0 Å². The predicted molar refractivity (Wildman–Crippen MR) is 168 cm³/mol. The average molecular weight is 551 g/mol. The van der Waals surface area contributed by atoms with Gasteiger partial charge in [-0.05, 0) is 53.6 Å². The number of para-hydroxylation sites is 3. The molecular formula is C37H18N4O2. The van der Waals surface area contributed by atoms with Gasteiger partial charge < -0.3 is 13.4 Å². The van der Waals surface area contributed by atoms with Crippen LogP contribution in [0.25, 0.3) is 82.5 Å². The zero-order chi connectivity index (χ0) is 28.7. The fourth-order valence-corrected chi connectivity index (χ4v) is 6.45. The third kappa shape index (κ3) is 3.18. The van der Waals surface area contributed by atoms with Crippen molar-refractivity contribution in [1.29, 1.82) is 10.5 Å². The van der Waals surface area contributed by atoms with Crippen LogP contribution in [0.5, 0.6) is 0 Å². The maximum atomic E-state index is 10.4. The molecule has 0 fully saturated rings. The van der Waals surface area contributed by atoms with Crippen LogP contribution in [0.15, 0.2) is 118 Å². The number of rotatable bonds is 2. The van der Waals surface area contributed by atoms with Gasteiger partial charge in [0.1, 0.15) is 28.9 Å². The highest BCUT2D eigenvalue weighted by atomic mass is 16.3. The van der Waals surface area contributed by atoms with E-state index in [4.69, 9.17) is 8.83 Å². The van der Waals surface area contributed by atoms with Crippen molar-refractivity contribution in [2.75, 3.05) is 0 Å². The number of benzene rings is 5. The van der Waals surface area contributed by atoms with Gasteiger partial charge in [0.15, 0.2) is 17.0 Å². The lowest BCUT2D eigenvalue weighted by molar-refractivity contribution is 0.665. The highest BCUT2D eigenvalue weighted by Crippen LogP contribution is 2.42. The number of hydrogen-bond donors (Lipinski definition) is 0. The van der Waals surface area contributed by atoms with Crippen LogP contribution in [0.2, 0.25) is 0 Å². The highest BCUT2D eigenvalue weighted by molar-refractivity contribution is 6.16. The Hall–Kier alpha value is -6.37. The summed E-state index contributed by atoms with van der Waals surface area (Å²) in [5.41, 5.74) is 7.38. The topological polar surface area (TPSA) is 91.7 Å². The lowest BCUT2D eigenvalue weighted by atomic mass is 10.00. The maximum absolute atomic E-state index is 10.4. The van der Waals surface area contributed by atoms with Gasteiger partial charge in [0, 0.05) is 26.9 Å². The molecule has 6 heteroatoms. The van der Waals surface area contributed by atoms with Crippen molar-refractivity contribution in [3.8, 4) is 29.0 Å². The first-order valence-electron chi connectivity index (χ1n) is 13.8. The molecule has 0 saturated carbocycles. The largest absolute Gasteiger partial charge is 0.456 e. The van der Waals surface area contributed by atoms with Crippen LogP contribution < -0.4 is 0 Å². The molecule has 9 rings (SSSR count). The fourth-order valence-electron chi connectivity index (χ4n) is 6.45. The zero-order valence-corrected chi connectivity index (χ0v) is 22.5. The number of aromatic nitrogens is 2. The van der Waals surface area contributed by atoms with E-state index in [1.54, 1.807) is 0 Å². The zero-order valence-electron chi connectivity index (χ0n) is 22.5. The third-order valence-electron chi connectivity index (χ3n) is 8.31. The molecule has 5 aromatic carbocycles. The van der Waals surface area contributed by atoms with E-state index < -0.39 is 0 Å². The monoisotopic (exact) mass is 550 g/mol. The smallest absolute Gasteiger partial charge is 0.185 e. The summed E-state index contributed by atoms with van der Waals surface area (Å²) in [6.45, 7) is 0. The van der Waals surface area contributed by atoms with Gasteiger partial charge in [-0.25, -0.2) is 4.98 Å². The fraction of sp³-hybridized carbons (Fsp3) is 0. The SMILES string of the molecule is N#Cc1nc(C#N)c2oc3ccc(-c4ccc5oc6ccccc6c5c4)cc3c2c1-n1c2ccccc2c2ccccc21. The van der Waals surface area contributed by atoms with E-state index in [1.165, 1.54) is 0 Å². The second kappa shape index (κ2) is 8.57. The standard InChI is InChI=1S/C37H18N4O2/c38-19-28-36(41-30-10-4-1-7-23(30)24-8-2-5-11-31(24)41)35-27-18-22(14-16-34(27)43-37(35)29(20-39)40-28)21-13-15-33-26(17-21)25-9-3-6-12-32(25)42-33/h1-18H. The molecule has 43 heavy (non-hydrogen) atoms. The van der Waals surface area contributed by atoms with E-state index in [9.17, 15) is 10.5 Å². The number of hydrogen-bond acceptors (Lipinski definition) is 5. The van der Waals surface area contributed by atoms with Crippen molar-refractivity contribution in [1.82, 2.24) is 9.55 Å². The first kappa shape index (κ1) is 23.3. The molecule has 0 aliphatic rings. The molecule has 0 bridgehead atoms. The summed E-state index contributed by atoms with van der Waals surface area (Å²) in [6.07, 6.45) is 0. The Kier molecular flexibility index (Phi) is 4.65. The predicted octanol–water partition coefficient (Wildman–Crippen LogP) is 9.39. The summed E-state index contributed by atoms with van der Waals surface area (Å²) in [4.78, 5) is 4.49. The molecule has 0 amide bonds. The molecular weight excluding hydrogens is 532 g/mol. The molecule has 6 nitrogen and oxygen atoms in total. The lowest BCUT2D eigenvalue weighted by Crippen LogP contribution is -2.02. The average Bonchev–Trinajstić information content (AvgIpc) is 3.73. The van der Waals surface area contributed by atoms with Crippen LogP contribution in [-0.2, 0) is 0 Å². The molecule has 0 spiro atoms. The Bertz CT molecular complexity index is 2660. The number of pyridine rings is 1. The Balaban J connectivity index is 1.40. The summed E-state index contributed by atoms with van der Waals surface area (Å²) in [5, 5.41) is 26.1. The molecule has 4 heterocycles. The second-order valence-corrected chi connectivity index (χ2v) is 10.6. The van der Waals surface area contributed by atoms with Gasteiger partial charge in [-0.2, -0.15) is 10.5 Å². The van der Waals surface area contributed by atoms with Gasteiger partial charge >= 0.3 is 0 Å². The van der Waals surface area contributed by atoms with Gasteiger partial charge in [0.05, 0.1) is 22.1 Å². The summed E-state index contributed by atoms with van der Waals surface area (Å²) in [6, 6.07) is 40.9. The van der Waals surface area contributed by atoms with Crippen molar-refractivity contribution in [3.63, 3.8) is 0 Å². The number of nitrogens with zero attached hydrogens (tertiary/aromatic N) is 4. The Labute approximate surface area is 243 Å². The summed E-state index contributed by atoms with van der Waals surface area (Å²) in [7, 11) is 0. The van der Waals surface area contributed by atoms with Crippen LogP contribution in [0.3, 0.4) is 0 Å². The summed E-state index contributed by atoms with van der Waals surface area (Å²) in [5.74, 6) is 0. The molecule has 0 unspecified atom stereocenters. The molecule has 0 saturated heterocycles. The van der Waals surface area contributed by atoms with E-state index in [1.807, 2.05) is 78.9 Å². The quantitative estimate of drug-likeness (QED) is 0.214. The molecule has 0 atom stereocenters. The number of nitriles is 2.